The van der Waals surface area contributed by atoms with Gasteiger partial charge in [-0.05, 0) is 28.2 Å². The first-order chi connectivity index (χ1) is 16.3. The van der Waals surface area contributed by atoms with Crippen molar-refractivity contribution in [2.75, 3.05) is 11.9 Å². The quantitative estimate of drug-likeness (QED) is 0.455. The summed E-state index contributed by atoms with van der Waals surface area (Å²) in [6, 6.07) is 16.7. The molecule has 1 atom stereocenters. The maximum atomic E-state index is 12.4. The number of nitrogens with zero attached hydrogens (tertiary/aromatic N) is 1. The first kappa shape index (κ1) is 23.0. The van der Waals surface area contributed by atoms with E-state index in [1.807, 2.05) is 36.4 Å². The Morgan fingerprint density at radius 3 is 2.26 bits per heavy atom. The molecular formula is C25H25N3O6. The van der Waals surface area contributed by atoms with Crippen LogP contribution in [0.25, 0.3) is 11.1 Å². The van der Waals surface area contributed by atoms with Crippen LogP contribution in [0.5, 0.6) is 0 Å². The highest BCUT2D eigenvalue weighted by molar-refractivity contribution is 5.94. The molecule has 0 aliphatic heterocycles. The normalized spacial score (nSPS) is 13.1. The van der Waals surface area contributed by atoms with Crippen LogP contribution in [0.4, 0.5) is 10.7 Å². The van der Waals surface area contributed by atoms with Crippen molar-refractivity contribution in [3.05, 3.63) is 71.4 Å². The van der Waals surface area contributed by atoms with E-state index in [9.17, 15) is 14.4 Å². The third-order valence-corrected chi connectivity index (χ3v) is 5.83. The van der Waals surface area contributed by atoms with Crippen LogP contribution in [-0.2, 0) is 9.53 Å². The lowest BCUT2D eigenvalue weighted by Crippen LogP contribution is -2.40. The Labute approximate surface area is 196 Å². The van der Waals surface area contributed by atoms with Crippen molar-refractivity contribution in [1.29, 1.82) is 0 Å². The zero-order valence-electron chi connectivity index (χ0n) is 18.8. The average molecular weight is 463 g/mol. The van der Waals surface area contributed by atoms with Crippen LogP contribution in [0.1, 0.15) is 47.8 Å². The number of rotatable bonds is 8. The van der Waals surface area contributed by atoms with Crippen molar-refractivity contribution in [3.8, 4) is 11.1 Å². The zero-order valence-corrected chi connectivity index (χ0v) is 18.8. The van der Waals surface area contributed by atoms with E-state index >= 15 is 0 Å². The maximum Gasteiger partial charge on any atom is 0.414 e. The SMILES string of the molecule is CC(C)[C@@H](CC(=O)O)NC(=O)c1cc(NC(=O)OCC2c3ccccc3-c3ccccc32)on1. The highest BCUT2D eigenvalue weighted by atomic mass is 16.6. The summed E-state index contributed by atoms with van der Waals surface area (Å²) in [7, 11) is 0. The lowest BCUT2D eigenvalue weighted by Gasteiger charge is -2.19. The third kappa shape index (κ3) is 4.93. The minimum absolute atomic E-state index is 0.0540. The predicted molar refractivity (Wildman–Crippen MR) is 124 cm³/mol. The van der Waals surface area contributed by atoms with Gasteiger partial charge in [0, 0.05) is 18.0 Å². The van der Waals surface area contributed by atoms with Gasteiger partial charge in [0.1, 0.15) is 6.61 Å². The van der Waals surface area contributed by atoms with Gasteiger partial charge in [0.25, 0.3) is 5.91 Å². The summed E-state index contributed by atoms with van der Waals surface area (Å²) < 4.78 is 10.5. The minimum atomic E-state index is -1.02. The molecule has 0 unspecified atom stereocenters. The molecule has 34 heavy (non-hydrogen) atoms. The van der Waals surface area contributed by atoms with Crippen LogP contribution in [0, 0.1) is 5.92 Å². The number of aliphatic carboxylic acids is 1. The molecule has 0 fully saturated rings. The fourth-order valence-corrected chi connectivity index (χ4v) is 4.06. The molecule has 0 radical (unpaired) electrons. The van der Waals surface area contributed by atoms with E-state index in [-0.39, 0.29) is 36.4 Å². The molecule has 1 aliphatic carbocycles. The van der Waals surface area contributed by atoms with Crippen molar-refractivity contribution in [2.45, 2.75) is 32.2 Å². The van der Waals surface area contributed by atoms with Crippen LogP contribution in [0.15, 0.2) is 59.1 Å². The second kappa shape index (κ2) is 9.78. The number of hydrogen-bond acceptors (Lipinski definition) is 6. The van der Waals surface area contributed by atoms with Gasteiger partial charge in [-0.3, -0.25) is 14.9 Å². The molecule has 3 N–H and O–H groups in total. The Kier molecular flexibility index (Phi) is 6.62. The van der Waals surface area contributed by atoms with Crippen molar-refractivity contribution in [1.82, 2.24) is 10.5 Å². The smallest absolute Gasteiger partial charge is 0.414 e. The highest BCUT2D eigenvalue weighted by Crippen LogP contribution is 2.44. The van der Waals surface area contributed by atoms with Gasteiger partial charge in [-0.15, -0.1) is 0 Å². The van der Waals surface area contributed by atoms with Crippen molar-refractivity contribution < 1.29 is 28.8 Å². The van der Waals surface area contributed by atoms with Gasteiger partial charge >= 0.3 is 12.1 Å². The number of benzene rings is 2. The van der Waals surface area contributed by atoms with E-state index in [1.165, 1.54) is 6.07 Å². The summed E-state index contributed by atoms with van der Waals surface area (Å²) in [5, 5.41) is 17.7. The summed E-state index contributed by atoms with van der Waals surface area (Å²) in [4.78, 5) is 35.8. The van der Waals surface area contributed by atoms with Gasteiger partial charge in [0.05, 0.1) is 6.42 Å². The fraction of sp³-hybridized carbons (Fsp3) is 0.280. The lowest BCUT2D eigenvalue weighted by atomic mass is 9.98. The molecule has 1 aliphatic rings. The summed E-state index contributed by atoms with van der Waals surface area (Å²) in [6.07, 6.45) is -0.956. The molecule has 2 aromatic carbocycles. The maximum absolute atomic E-state index is 12.4. The van der Waals surface area contributed by atoms with Gasteiger partial charge in [-0.25, -0.2) is 4.79 Å². The third-order valence-electron chi connectivity index (χ3n) is 5.83. The van der Waals surface area contributed by atoms with E-state index in [2.05, 4.69) is 27.9 Å². The van der Waals surface area contributed by atoms with Crippen LogP contribution in [0.2, 0.25) is 0 Å². The lowest BCUT2D eigenvalue weighted by molar-refractivity contribution is -0.137. The molecule has 0 spiro atoms. The molecular weight excluding hydrogens is 438 g/mol. The first-order valence-electron chi connectivity index (χ1n) is 10.9. The van der Waals surface area contributed by atoms with Crippen LogP contribution in [-0.4, -0.2) is 40.9 Å². The number of amides is 2. The Morgan fingerprint density at radius 1 is 1.06 bits per heavy atom. The number of carbonyl (C=O) groups is 3. The molecule has 2 amide bonds. The fourth-order valence-electron chi connectivity index (χ4n) is 4.06. The highest BCUT2D eigenvalue weighted by Gasteiger charge is 2.29. The summed E-state index contributed by atoms with van der Waals surface area (Å²) in [5.41, 5.74) is 4.36. The molecule has 3 aromatic rings. The number of fused-ring (bicyclic) bond motifs is 3. The molecule has 1 aromatic heterocycles. The largest absolute Gasteiger partial charge is 0.481 e. The van der Waals surface area contributed by atoms with E-state index in [4.69, 9.17) is 14.4 Å². The first-order valence-corrected chi connectivity index (χ1v) is 10.9. The van der Waals surface area contributed by atoms with E-state index in [1.54, 1.807) is 13.8 Å². The van der Waals surface area contributed by atoms with Gasteiger partial charge in [0.15, 0.2) is 5.69 Å². The van der Waals surface area contributed by atoms with E-state index < -0.39 is 24.0 Å². The molecule has 0 bridgehead atoms. The Balaban J connectivity index is 1.36. The number of nitrogens with one attached hydrogen (secondary N) is 2. The summed E-state index contributed by atoms with van der Waals surface area (Å²) >= 11 is 0. The number of carboxylic acid groups (broad SMARTS) is 1. The second-order valence-electron chi connectivity index (χ2n) is 8.45. The predicted octanol–water partition coefficient (Wildman–Crippen LogP) is 4.26. The Morgan fingerprint density at radius 2 is 1.68 bits per heavy atom. The number of ether oxygens (including phenoxy) is 1. The zero-order chi connectivity index (χ0) is 24.2. The average Bonchev–Trinajstić information content (AvgIpc) is 3.39. The second-order valence-corrected chi connectivity index (χ2v) is 8.45. The summed E-state index contributed by atoms with van der Waals surface area (Å²) in [5.74, 6) is -1.84. The van der Waals surface area contributed by atoms with E-state index in [0.29, 0.717) is 0 Å². The molecule has 4 rings (SSSR count). The van der Waals surface area contributed by atoms with Crippen molar-refractivity contribution >= 4 is 23.9 Å². The summed E-state index contributed by atoms with van der Waals surface area (Å²) in [6.45, 7) is 3.74. The van der Waals surface area contributed by atoms with Crippen LogP contribution >= 0.6 is 0 Å². The monoisotopic (exact) mass is 463 g/mol. The number of anilines is 1. The van der Waals surface area contributed by atoms with Crippen molar-refractivity contribution in [2.24, 2.45) is 5.92 Å². The minimum Gasteiger partial charge on any atom is -0.481 e. The number of hydrogen-bond donors (Lipinski definition) is 3. The number of carbonyl (C=O) groups excluding carboxylic acids is 2. The standard InChI is InChI=1S/C25H25N3O6/c1-14(2)20(12-23(29)30)26-24(31)21-11-22(34-28-21)27-25(32)33-13-19-17-9-5-3-7-15(17)16-8-4-6-10-18(16)19/h3-11,14,19-20H,12-13H2,1-2H3,(H,26,31)(H,27,32)(H,29,30)/t20-/m1/s1. The molecule has 0 saturated heterocycles. The topological polar surface area (TPSA) is 131 Å². The number of aromatic nitrogens is 1. The van der Waals surface area contributed by atoms with Crippen LogP contribution < -0.4 is 10.6 Å². The van der Waals surface area contributed by atoms with E-state index in [0.717, 1.165) is 22.3 Å². The van der Waals surface area contributed by atoms with Gasteiger partial charge in [0.2, 0.25) is 5.88 Å². The molecule has 0 saturated carbocycles. The van der Waals surface area contributed by atoms with Gasteiger partial charge < -0.3 is 19.7 Å². The molecule has 1 heterocycles. The van der Waals surface area contributed by atoms with Gasteiger partial charge in [-0.2, -0.15) is 0 Å². The van der Waals surface area contributed by atoms with Gasteiger partial charge in [-0.1, -0.05) is 67.5 Å². The van der Waals surface area contributed by atoms with Crippen molar-refractivity contribution in [3.63, 3.8) is 0 Å². The molecule has 176 valence electrons. The molecule has 9 heteroatoms. The number of carboxylic acids is 1. The molecule has 9 nitrogen and oxygen atoms in total. The Bertz CT molecular complexity index is 1170. The Hall–Kier alpha value is -4.14. The van der Waals surface area contributed by atoms with Crippen LogP contribution in [0.3, 0.4) is 0 Å².